The summed E-state index contributed by atoms with van der Waals surface area (Å²) in [5, 5.41) is 1.14. The molecule has 114 valence electrons. The molecule has 0 radical (unpaired) electrons. The highest BCUT2D eigenvalue weighted by molar-refractivity contribution is 5.92. The van der Waals surface area contributed by atoms with Crippen LogP contribution < -0.4 is 9.64 Å². The summed E-state index contributed by atoms with van der Waals surface area (Å²) in [6.07, 6.45) is 4.03. The number of hydrogen-bond donors (Lipinski definition) is 0. The second-order valence-electron chi connectivity index (χ2n) is 5.91. The molecule has 1 aromatic heterocycles. The van der Waals surface area contributed by atoms with Gasteiger partial charge >= 0.3 is 0 Å². The van der Waals surface area contributed by atoms with Crippen molar-refractivity contribution >= 4 is 16.6 Å². The second-order valence-corrected chi connectivity index (χ2v) is 5.91. The molecule has 1 unspecified atom stereocenters. The van der Waals surface area contributed by atoms with E-state index >= 15 is 0 Å². The third kappa shape index (κ3) is 2.71. The predicted molar refractivity (Wildman–Crippen MR) is 89.3 cm³/mol. The van der Waals surface area contributed by atoms with E-state index in [-0.39, 0.29) is 6.04 Å². The first-order chi connectivity index (χ1) is 10.7. The van der Waals surface area contributed by atoms with Crippen LogP contribution in [0.1, 0.15) is 19.8 Å². The van der Waals surface area contributed by atoms with Crippen molar-refractivity contribution < 1.29 is 4.74 Å². The summed E-state index contributed by atoms with van der Waals surface area (Å²) in [6, 6.07) is 8.23. The molecule has 4 nitrogen and oxygen atoms in total. The van der Waals surface area contributed by atoms with Gasteiger partial charge in [-0.2, -0.15) is 0 Å². The number of ether oxygens (including phenoxy) is 1. The lowest BCUT2D eigenvalue weighted by Gasteiger charge is -2.33. The van der Waals surface area contributed by atoms with Gasteiger partial charge in [-0.1, -0.05) is 0 Å². The van der Waals surface area contributed by atoms with Gasteiger partial charge in [0.2, 0.25) is 6.04 Å². The normalized spacial score (nSPS) is 17.2. The molecule has 2 aromatic rings. The number of aromatic nitrogens is 1. The number of piperidine rings is 1. The minimum Gasteiger partial charge on any atom is -0.497 e. The van der Waals surface area contributed by atoms with E-state index in [4.69, 9.17) is 11.3 Å². The molecule has 0 N–H and O–H groups in total. The van der Waals surface area contributed by atoms with Crippen molar-refractivity contribution in [3.05, 3.63) is 41.9 Å². The Hall–Kier alpha value is -2.28. The number of fused-ring (bicyclic) bond motifs is 1. The van der Waals surface area contributed by atoms with E-state index in [1.165, 1.54) is 5.69 Å². The highest BCUT2D eigenvalue weighted by Gasteiger charge is 2.27. The number of benzene rings is 1. The summed E-state index contributed by atoms with van der Waals surface area (Å²) in [7, 11) is 1.69. The van der Waals surface area contributed by atoms with Gasteiger partial charge in [-0.25, -0.2) is 6.57 Å². The van der Waals surface area contributed by atoms with Crippen LogP contribution in [0, 0.1) is 12.5 Å². The molecule has 0 amide bonds. The van der Waals surface area contributed by atoms with E-state index in [1.807, 2.05) is 25.3 Å². The van der Waals surface area contributed by atoms with Gasteiger partial charge in [0.25, 0.3) is 0 Å². The van der Waals surface area contributed by atoms with Crippen molar-refractivity contribution in [1.29, 1.82) is 0 Å². The fourth-order valence-corrected chi connectivity index (χ4v) is 3.24. The van der Waals surface area contributed by atoms with Gasteiger partial charge in [0.05, 0.1) is 12.6 Å². The lowest BCUT2D eigenvalue weighted by molar-refractivity contribution is 0.380. The van der Waals surface area contributed by atoms with Crippen LogP contribution >= 0.6 is 0 Å². The Morgan fingerprint density at radius 3 is 2.77 bits per heavy atom. The number of nitrogens with zero attached hydrogens (tertiary/aromatic N) is 3. The average molecular weight is 295 g/mol. The Kier molecular flexibility index (Phi) is 4.15. The summed E-state index contributed by atoms with van der Waals surface area (Å²) in [6.45, 7) is 11.2. The van der Waals surface area contributed by atoms with Crippen molar-refractivity contribution in [3.8, 4) is 5.75 Å². The van der Waals surface area contributed by atoms with Gasteiger partial charge in [0.1, 0.15) is 5.75 Å². The molecule has 1 aliphatic heterocycles. The molecule has 1 atom stereocenters. The van der Waals surface area contributed by atoms with Crippen LogP contribution in [-0.4, -0.2) is 31.2 Å². The van der Waals surface area contributed by atoms with Crippen molar-refractivity contribution in [1.82, 2.24) is 4.98 Å². The van der Waals surface area contributed by atoms with Crippen LogP contribution in [0.2, 0.25) is 0 Å². The molecule has 0 aliphatic carbocycles. The molecule has 2 heterocycles. The number of hydrogen-bond acceptors (Lipinski definition) is 3. The molecule has 1 aliphatic rings. The average Bonchev–Trinajstić information content (AvgIpc) is 2.60. The zero-order valence-corrected chi connectivity index (χ0v) is 13.1. The van der Waals surface area contributed by atoms with E-state index in [0.717, 1.165) is 42.6 Å². The van der Waals surface area contributed by atoms with Gasteiger partial charge in [0.15, 0.2) is 0 Å². The van der Waals surface area contributed by atoms with Crippen LogP contribution in [0.3, 0.4) is 0 Å². The first-order valence-electron chi connectivity index (χ1n) is 7.77. The minimum atomic E-state index is 0.136. The summed E-state index contributed by atoms with van der Waals surface area (Å²) in [5.74, 6) is 1.38. The smallest absolute Gasteiger partial charge is 0.223 e. The van der Waals surface area contributed by atoms with Gasteiger partial charge in [0, 0.05) is 43.2 Å². The molecule has 4 heteroatoms. The van der Waals surface area contributed by atoms with E-state index in [2.05, 4.69) is 26.9 Å². The third-order valence-electron chi connectivity index (χ3n) is 4.69. The minimum absolute atomic E-state index is 0.136. The lowest BCUT2D eigenvalue weighted by Crippen LogP contribution is -2.36. The summed E-state index contributed by atoms with van der Waals surface area (Å²) in [5.41, 5.74) is 2.22. The van der Waals surface area contributed by atoms with Crippen LogP contribution in [-0.2, 0) is 0 Å². The second kappa shape index (κ2) is 6.23. The first-order valence-corrected chi connectivity index (χ1v) is 7.77. The Balaban J connectivity index is 1.87. The predicted octanol–water partition coefficient (Wildman–Crippen LogP) is 3.77. The quantitative estimate of drug-likeness (QED) is 0.807. The number of methoxy groups -OCH3 is 1. The molecule has 0 saturated carbocycles. The molecular weight excluding hydrogens is 274 g/mol. The summed E-state index contributed by atoms with van der Waals surface area (Å²) < 4.78 is 5.35. The summed E-state index contributed by atoms with van der Waals surface area (Å²) >= 11 is 0. The molecule has 22 heavy (non-hydrogen) atoms. The number of rotatable bonds is 3. The molecule has 1 fully saturated rings. The first kappa shape index (κ1) is 14.6. The van der Waals surface area contributed by atoms with E-state index in [0.29, 0.717) is 5.92 Å². The zero-order valence-electron chi connectivity index (χ0n) is 13.1. The molecular formula is C18H21N3O. The van der Waals surface area contributed by atoms with E-state index < -0.39 is 0 Å². The van der Waals surface area contributed by atoms with Crippen molar-refractivity contribution in [3.63, 3.8) is 0 Å². The Morgan fingerprint density at radius 2 is 2.09 bits per heavy atom. The van der Waals surface area contributed by atoms with Crippen LogP contribution in [0.5, 0.6) is 5.75 Å². The number of anilines is 1. The van der Waals surface area contributed by atoms with Crippen molar-refractivity contribution in [2.45, 2.75) is 25.8 Å². The molecule has 3 rings (SSSR count). The molecule has 1 saturated heterocycles. The number of pyridine rings is 1. The Bertz CT molecular complexity index is 699. The lowest BCUT2D eigenvalue weighted by atomic mass is 9.90. The molecule has 0 bridgehead atoms. The fraction of sp³-hybridized carbons (Fsp3) is 0.444. The van der Waals surface area contributed by atoms with Crippen molar-refractivity contribution in [2.75, 3.05) is 25.1 Å². The van der Waals surface area contributed by atoms with Crippen molar-refractivity contribution in [2.24, 2.45) is 5.92 Å². The molecule has 1 aromatic carbocycles. The van der Waals surface area contributed by atoms with Crippen LogP contribution in [0.15, 0.2) is 30.5 Å². The monoisotopic (exact) mass is 295 g/mol. The Morgan fingerprint density at radius 1 is 1.32 bits per heavy atom. The molecule has 0 spiro atoms. The largest absolute Gasteiger partial charge is 0.497 e. The standard InChI is InChI=1S/C18H21N3O/c1-13(19-2)14-7-10-21(11-8-14)18-6-9-20-17-5-4-15(22-3)12-16(17)18/h4-6,9,12-14H,7-8,10-11H2,1,3H3. The van der Waals surface area contributed by atoms with E-state index in [9.17, 15) is 0 Å². The van der Waals surface area contributed by atoms with Gasteiger partial charge < -0.3 is 14.5 Å². The summed E-state index contributed by atoms with van der Waals surface area (Å²) in [4.78, 5) is 10.5. The highest BCUT2D eigenvalue weighted by atomic mass is 16.5. The maximum absolute atomic E-state index is 7.20. The topological polar surface area (TPSA) is 29.7 Å². The maximum atomic E-state index is 7.20. The third-order valence-corrected chi connectivity index (χ3v) is 4.69. The fourth-order valence-electron chi connectivity index (χ4n) is 3.24. The van der Waals surface area contributed by atoms with Gasteiger partial charge in [-0.05, 0) is 37.1 Å². The highest BCUT2D eigenvalue weighted by Crippen LogP contribution is 2.32. The van der Waals surface area contributed by atoms with E-state index in [1.54, 1.807) is 7.11 Å². The van der Waals surface area contributed by atoms with Gasteiger partial charge in [-0.3, -0.25) is 4.98 Å². The van der Waals surface area contributed by atoms with Gasteiger partial charge in [-0.15, -0.1) is 0 Å². The SMILES string of the molecule is [C-]#[N+]C(C)C1CCN(c2ccnc3ccc(OC)cc23)CC1. The van der Waals surface area contributed by atoms with Crippen LogP contribution in [0.4, 0.5) is 5.69 Å². The zero-order chi connectivity index (χ0) is 15.5. The van der Waals surface area contributed by atoms with Crippen LogP contribution in [0.25, 0.3) is 15.7 Å². The Labute approximate surface area is 131 Å². The maximum Gasteiger partial charge on any atom is 0.223 e.